The molecule has 8 heteroatoms. The van der Waals surface area contributed by atoms with E-state index in [1.165, 1.54) is 18.2 Å². The van der Waals surface area contributed by atoms with Gasteiger partial charge in [-0.3, -0.25) is 4.68 Å². The van der Waals surface area contributed by atoms with Crippen molar-refractivity contribution in [3.63, 3.8) is 0 Å². The molecular weight excluding hydrogens is 323 g/mol. The monoisotopic (exact) mass is 340 g/mol. The average molecular weight is 341 g/mol. The fourth-order valence-electron chi connectivity index (χ4n) is 1.95. The van der Waals surface area contributed by atoms with Crippen LogP contribution in [0.2, 0.25) is 5.02 Å². The zero-order valence-electron chi connectivity index (χ0n) is 12.8. The maximum atomic E-state index is 13.0. The van der Waals surface area contributed by atoms with Gasteiger partial charge in [0.15, 0.2) is 0 Å². The van der Waals surface area contributed by atoms with Crippen molar-refractivity contribution in [2.45, 2.75) is 19.1 Å². The fraction of sp³-hybridized carbons (Fsp3) is 0.333. The van der Waals surface area contributed by atoms with Gasteiger partial charge in [-0.25, -0.2) is 9.18 Å². The van der Waals surface area contributed by atoms with E-state index in [0.717, 1.165) is 0 Å². The highest BCUT2D eigenvalue weighted by Crippen LogP contribution is 2.18. The second-order valence-electron chi connectivity index (χ2n) is 5.46. The number of carbonyl (C=O) groups is 1. The van der Waals surface area contributed by atoms with Gasteiger partial charge < -0.3 is 15.7 Å². The Labute approximate surface area is 138 Å². The maximum absolute atomic E-state index is 13.0. The number of amides is 2. The van der Waals surface area contributed by atoms with E-state index in [9.17, 15) is 14.3 Å². The van der Waals surface area contributed by atoms with Crippen LogP contribution in [0.3, 0.4) is 0 Å². The van der Waals surface area contributed by atoms with E-state index in [2.05, 4.69) is 15.7 Å². The Bertz CT molecular complexity index is 703. The number of urea groups is 1. The lowest BCUT2D eigenvalue weighted by atomic mass is 10.00. The van der Waals surface area contributed by atoms with Crippen LogP contribution in [0.25, 0.3) is 0 Å². The number of nitrogens with zero attached hydrogens (tertiary/aromatic N) is 2. The summed E-state index contributed by atoms with van der Waals surface area (Å²) in [6, 6.07) is 3.77. The van der Waals surface area contributed by atoms with E-state index in [4.69, 9.17) is 11.6 Å². The number of benzene rings is 1. The van der Waals surface area contributed by atoms with Crippen LogP contribution in [0, 0.1) is 5.82 Å². The minimum atomic E-state index is -1.23. The average Bonchev–Trinajstić information content (AvgIpc) is 2.94. The first-order valence-electron chi connectivity index (χ1n) is 6.95. The van der Waals surface area contributed by atoms with Gasteiger partial charge in [0.25, 0.3) is 0 Å². The van der Waals surface area contributed by atoms with E-state index < -0.39 is 17.4 Å². The smallest absolute Gasteiger partial charge is 0.315 e. The highest BCUT2D eigenvalue weighted by Gasteiger charge is 2.25. The molecule has 0 fully saturated rings. The summed E-state index contributed by atoms with van der Waals surface area (Å²) in [5.74, 6) is -0.507. The van der Waals surface area contributed by atoms with Crippen molar-refractivity contribution in [1.29, 1.82) is 0 Å². The number of halogens is 2. The van der Waals surface area contributed by atoms with Crippen molar-refractivity contribution in [2.24, 2.45) is 7.05 Å². The van der Waals surface area contributed by atoms with Crippen molar-refractivity contribution in [1.82, 2.24) is 20.4 Å². The Hall–Kier alpha value is -2.12. The highest BCUT2D eigenvalue weighted by molar-refractivity contribution is 6.30. The molecule has 3 N–H and O–H groups in total. The van der Waals surface area contributed by atoms with E-state index in [1.54, 1.807) is 31.0 Å². The molecule has 1 aromatic heterocycles. The maximum Gasteiger partial charge on any atom is 0.315 e. The van der Waals surface area contributed by atoms with Crippen molar-refractivity contribution < 1.29 is 14.3 Å². The van der Waals surface area contributed by atoms with Gasteiger partial charge in [-0.2, -0.15) is 5.10 Å². The molecule has 0 aliphatic heterocycles. The summed E-state index contributed by atoms with van der Waals surface area (Å²) in [6.07, 6.45) is 3.22. The third-order valence-corrected chi connectivity index (χ3v) is 3.65. The van der Waals surface area contributed by atoms with Gasteiger partial charge in [0.1, 0.15) is 11.4 Å². The second-order valence-corrected chi connectivity index (χ2v) is 5.87. The number of carbonyl (C=O) groups excluding carboxylic acids is 1. The molecule has 1 atom stereocenters. The number of aryl methyl sites for hydroxylation is 1. The third kappa shape index (κ3) is 4.67. The van der Waals surface area contributed by atoms with E-state index >= 15 is 0 Å². The fourth-order valence-corrected chi connectivity index (χ4v) is 2.15. The van der Waals surface area contributed by atoms with Crippen LogP contribution in [0.5, 0.6) is 0 Å². The quantitative estimate of drug-likeness (QED) is 0.778. The third-order valence-electron chi connectivity index (χ3n) is 3.36. The van der Waals surface area contributed by atoms with Gasteiger partial charge in [0.2, 0.25) is 0 Å². The molecule has 0 aliphatic rings. The first-order chi connectivity index (χ1) is 10.8. The molecule has 2 rings (SSSR count). The molecule has 0 saturated heterocycles. The minimum Gasteiger partial charge on any atom is -0.383 e. The summed E-state index contributed by atoms with van der Waals surface area (Å²) < 4.78 is 14.6. The van der Waals surface area contributed by atoms with Crippen LogP contribution in [0.15, 0.2) is 30.6 Å². The Morgan fingerprint density at radius 1 is 1.48 bits per heavy atom. The topological polar surface area (TPSA) is 79.2 Å². The Morgan fingerprint density at radius 2 is 2.22 bits per heavy atom. The molecule has 1 aromatic carbocycles. The first kappa shape index (κ1) is 17.2. The number of aromatic nitrogens is 2. The van der Waals surface area contributed by atoms with Gasteiger partial charge >= 0.3 is 6.03 Å². The summed E-state index contributed by atoms with van der Waals surface area (Å²) in [6.45, 7) is 1.81. The standard InChI is InChI=1S/C15H18ClFN4O2/c1-15(23,11-7-20-21(2)8-11)9-19-14(22)18-6-10-3-4-13(17)12(16)5-10/h3-5,7-8,23H,6,9H2,1-2H3,(H2,18,19,22). The van der Waals surface area contributed by atoms with Gasteiger partial charge in [-0.05, 0) is 24.6 Å². The van der Waals surface area contributed by atoms with Crippen LogP contribution in [-0.4, -0.2) is 27.5 Å². The summed E-state index contributed by atoms with van der Waals surface area (Å²) in [4.78, 5) is 11.8. The normalized spacial score (nSPS) is 13.4. The van der Waals surface area contributed by atoms with Crippen molar-refractivity contribution >= 4 is 17.6 Å². The van der Waals surface area contributed by atoms with Crippen molar-refractivity contribution in [2.75, 3.05) is 6.54 Å². The summed E-state index contributed by atoms with van der Waals surface area (Å²) in [5.41, 5.74) is 0.0429. The van der Waals surface area contributed by atoms with Gasteiger partial charge in [-0.15, -0.1) is 0 Å². The lowest BCUT2D eigenvalue weighted by molar-refractivity contribution is 0.0593. The van der Waals surface area contributed by atoms with Crippen molar-refractivity contribution in [3.8, 4) is 0 Å². The van der Waals surface area contributed by atoms with Gasteiger partial charge in [0.05, 0.1) is 17.8 Å². The number of hydrogen-bond donors (Lipinski definition) is 3. The zero-order chi connectivity index (χ0) is 17.0. The van der Waals surface area contributed by atoms with E-state index in [-0.39, 0.29) is 18.1 Å². The summed E-state index contributed by atoms with van der Waals surface area (Å²) >= 11 is 5.68. The number of nitrogens with one attached hydrogen (secondary N) is 2. The molecule has 0 bridgehead atoms. The second kappa shape index (κ2) is 6.97. The lowest BCUT2D eigenvalue weighted by Gasteiger charge is -2.22. The number of hydrogen-bond acceptors (Lipinski definition) is 3. The summed E-state index contributed by atoms with van der Waals surface area (Å²) in [7, 11) is 1.74. The molecule has 1 unspecified atom stereocenters. The van der Waals surface area contributed by atoms with Crippen LogP contribution in [-0.2, 0) is 19.2 Å². The van der Waals surface area contributed by atoms with Crippen LogP contribution in [0.4, 0.5) is 9.18 Å². The minimum absolute atomic E-state index is 0.00391. The highest BCUT2D eigenvalue weighted by atomic mass is 35.5. The molecule has 2 amide bonds. The van der Waals surface area contributed by atoms with Gasteiger partial charge in [-0.1, -0.05) is 17.7 Å². The molecule has 0 saturated carbocycles. The lowest BCUT2D eigenvalue weighted by Crippen LogP contribution is -2.43. The van der Waals surface area contributed by atoms with Crippen LogP contribution in [0.1, 0.15) is 18.1 Å². The Kier molecular flexibility index (Phi) is 5.23. The predicted octanol–water partition coefficient (Wildman–Crippen LogP) is 1.92. The Balaban J connectivity index is 1.84. The van der Waals surface area contributed by atoms with E-state index in [0.29, 0.717) is 11.1 Å². The Morgan fingerprint density at radius 3 is 2.83 bits per heavy atom. The van der Waals surface area contributed by atoms with Crippen molar-refractivity contribution in [3.05, 3.63) is 52.6 Å². The molecule has 2 aromatic rings. The molecule has 0 spiro atoms. The largest absolute Gasteiger partial charge is 0.383 e. The van der Waals surface area contributed by atoms with Crippen LogP contribution < -0.4 is 10.6 Å². The van der Waals surface area contributed by atoms with E-state index in [1.807, 2.05) is 0 Å². The first-order valence-corrected chi connectivity index (χ1v) is 7.33. The molecule has 0 aliphatic carbocycles. The molecule has 6 nitrogen and oxygen atoms in total. The SMILES string of the molecule is Cn1cc(C(C)(O)CNC(=O)NCc2ccc(F)c(Cl)c2)cn1. The number of rotatable bonds is 5. The molecule has 124 valence electrons. The number of aliphatic hydroxyl groups is 1. The summed E-state index contributed by atoms with van der Waals surface area (Å²) in [5, 5.41) is 19.5. The van der Waals surface area contributed by atoms with Gasteiger partial charge in [0, 0.05) is 25.4 Å². The molecule has 1 heterocycles. The zero-order valence-corrected chi connectivity index (χ0v) is 13.6. The molecule has 0 radical (unpaired) electrons. The molecular formula is C15H18ClFN4O2. The predicted molar refractivity (Wildman–Crippen MR) is 84.4 cm³/mol. The molecule has 23 heavy (non-hydrogen) atoms. The van der Waals surface area contributed by atoms with Crippen LogP contribution >= 0.6 is 11.6 Å².